The second-order valence-electron chi connectivity index (χ2n) is 1.64. The van der Waals surface area contributed by atoms with E-state index in [9.17, 15) is 0 Å². The standard InChI is InChI=1S/C8H10ClN/c1-4-8(7(2)9)5-6-10-3/h4-6H,1-2H2,3H3/b8-5+,10-6-. The smallest absolute Gasteiger partial charge is 0.0406 e. The highest BCUT2D eigenvalue weighted by atomic mass is 35.5. The molecule has 0 saturated heterocycles. The van der Waals surface area contributed by atoms with Crippen LogP contribution >= 0.6 is 11.6 Å². The van der Waals surface area contributed by atoms with Gasteiger partial charge in [0, 0.05) is 18.3 Å². The highest BCUT2D eigenvalue weighted by molar-refractivity contribution is 6.32. The SMILES string of the molecule is C=C/C(=C\C=N/C)C(=C)Cl. The molecule has 0 spiro atoms. The molecule has 0 bridgehead atoms. The lowest BCUT2D eigenvalue weighted by Crippen LogP contribution is -1.76. The van der Waals surface area contributed by atoms with E-state index in [1.807, 2.05) is 0 Å². The van der Waals surface area contributed by atoms with E-state index in [1.165, 1.54) is 0 Å². The van der Waals surface area contributed by atoms with Crippen LogP contribution in [0.5, 0.6) is 0 Å². The molecule has 1 nitrogen and oxygen atoms in total. The van der Waals surface area contributed by atoms with E-state index < -0.39 is 0 Å². The Labute approximate surface area is 66.4 Å². The first-order valence-corrected chi connectivity index (χ1v) is 3.19. The van der Waals surface area contributed by atoms with Crippen LogP contribution in [0.2, 0.25) is 0 Å². The van der Waals surface area contributed by atoms with Crippen LogP contribution in [0.4, 0.5) is 0 Å². The lowest BCUT2D eigenvalue weighted by Gasteiger charge is -1.92. The van der Waals surface area contributed by atoms with Crippen molar-refractivity contribution >= 4 is 17.8 Å². The third-order valence-corrected chi connectivity index (χ3v) is 1.15. The fourth-order valence-corrected chi connectivity index (χ4v) is 0.564. The molecular weight excluding hydrogens is 146 g/mol. The van der Waals surface area contributed by atoms with Crippen LogP contribution in [0.1, 0.15) is 0 Å². The zero-order valence-corrected chi connectivity index (χ0v) is 6.73. The Balaban J connectivity index is 4.33. The fourth-order valence-electron chi connectivity index (χ4n) is 0.424. The molecular formula is C8H10ClN. The summed E-state index contributed by atoms with van der Waals surface area (Å²) in [6.45, 7) is 7.10. The van der Waals surface area contributed by atoms with E-state index >= 15 is 0 Å². The number of allylic oxidation sites excluding steroid dienone is 4. The number of hydrogen-bond acceptors (Lipinski definition) is 1. The lowest BCUT2D eigenvalue weighted by molar-refractivity contribution is 1.47. The van der Waals surface area contributed by atoms with Crippen molar-refractivity contribution in [3.05, 3.63) is 35.9 Å². The molecule has 0 fully saturated rings. The normalized spacial score (nSPS) is 12.0. The first-order valence-electron chi connectivity index (χ1n) is 2.82. The van der Waals surface area contributed by atoms with Gasteiger partial charge in [0.25, 0.3) is 0 Å². The van der Waals surface area contributed by atoms with Crippen molar-refractivity contribution in [1.82, 2.24) is 0 Å². The Morgan fingerprint density at radius 1 is 1.60 bits per heavy atom. The van der Waals surface area contributed by atoms with Gasteiger partial charge in [0.15, 0.2) is 0 Å². The minimum atomic E-state index is 0.481. The number of aliphatic imine (C=N–C) groups is 1. The summed E-state index contributed by atoms with van der Waals surface area (Å²) in [5.74, 6) is 0. The number of hydrogen-bond donors (Lipinski definition) is 0. The Morgan fingerprint density at radius 2 is 2.20 bits per heavy atom. The average molecular weight is 156 g/mol. The van der Waals surface area contributed by atoms with Crippen molar-refractivity contribution in [2.24, 2.45) is 4.99 Å². The molecule has 0 N–H and O–H groups in total. The maximum absolute atomic E-state index is 5.58. The van der Waals surface area contributed by atoms with E-state index in [0.29, 0.717) is 5.03 Å². The molecule has 0 aliphatic carbocycles. The molecule has 0 aromatic carbocycles. The summed E-state index contributed by atoms with van der Waals surface area (Å²) >= 11 is 5.58. The summed E-state index contributed by atoms with van der Waals surface area (Å²) in [5, 5.41) is 0.481. The summed E-state index contributed by atoms with van der Waals surface area (Å²) in [5.41, 5.74) is 0.798. The minimum absolute atomic E-state index is 0.481. The monoisotopic (exact) mass is 155 g/mol. The van der Waals surface area contributed by atoms with Gasteiger partial charge >= 0.3 is 0 Å². The van der Waals surface area contributed by atoms with E-state index in [1.54, 1.807) is 25.4 Å². The summed E-state index contributed by atoms with van der Waals surface area (Å²) in [7, 11) is 1.69. The van der Waals surface area contributed by atoms with Gasteiger partial charge < -0.3 is 0 Å². The molecule has 0 rings (SSSR count). The third-order valence-electron chi connectivity index (χ3n) is 0.936. The molecule has 2 heteroatoms. The van der Waals surface area contributed by atoms with Crippen LogP contribution in [-0.4, -0.2) is 13.3 Å². The highest BCUT2D eigenvalue weighted by Crippen LogP contribution is 2.11. The van der Waals surface area contributed by atoms with Crippen molar-refractivity contribution in [1.29, 1.82) is 0 Å². The molecule has 0 atom stereocenters. The number of rotatable bonds is 3. The second kappa shape index (κ2) is 5.00. The second-order valence-corrected chi connectivity index (χ2v) is 2.09. The van der Waals surface area contributed by atoms with Gasteiger partial charge in [0.05, 0.1) is 0 Å². The van der Waals surface area contributed by atoms with Crippen LogP contribution in [0, 0.1) is 0 Å². The van der Waals surface area contributed by atoms with Gasteiger partial charge in [-0.2, -0.15) is 0 Å². The summed E-state index contributed by atoms with van der Waals surface area (Å²) in [6.07, 6.45) is 5.03. The van der Waals surface area contributed by atoms with Crippen LogP contribution in [0.3, 0.4) is 0 Å². The summed E-state index contributed by atoms with van der Waals surface area (Å²) in [6, 6.07) is 0. The first-order chi connectivity index (χ1) is 4.72. The maximum atomic E-state index is 5.58. The average Bonchev–Trinajstić information content (AvgIpc) is 1.89. The zero-order valence-electron chi connectivity index (χ0n) is 5.97. The van der Waals surface area contributed by atoms with E-state index in [-0.39, 0.29) is 0 Å². The number of nitrogens with zero attached hydrogens (tertiary/aromatic N) is 1. The summed E-state index contributed by atoms with van der Waals surface area (Å²) in [4.78, 5) is 3.76. The Bertz CT molecular complexity index is 189. The van der Waals surface area contributed by atoms with Gasteiger partial charge in [-0.15, -0.1) is 0 Å². The maximum Gasteiger partial charge on any atom is 0.0406 e. The van der Waals surface area contributed by atoms with Crippen LogP contribution < -0.4 is 0 Å². The largest absolute Gasteiger partial charge is 0.296 e. The van der Waals surface area contributed by atoms with Gasteiger partial charge in [-0.1, -0.05) is 30.8 Å². The quantitative estimate of drug-likeness (QED) is 0.439. The Morgan fingerprint density at radius 3 is 2.50 bits per heavy atom. The molecule has 10 heavy (non-hydrogen) atoms. The molecule has 0 heterocycles. The van der Waals surface area contributed by atoms with Gasteiger partial charge in [-0.25, -0.2) is 0 Å². The van der Waals surface area contributed by atoms with E-state index in [4.69, 9.17) is 11.6 Å². The Hall–Kier alpha value is -0.820. The molecule has 54 valence electrons. The van der Waals surface area contributed by atoms with Gasteiger partial charge in [-0.05, 0) is 11.6 Å². The highest BCUT2D eigenvalue weighted by Gasteiger charge is 1.89. The van der Waals surface area contributed by atoms with Crippen LogP contribution in [0.25, 0.3) is 0 Å². The van der Waals surface area contributed by atoms with Crippen LogP contribution in [-0.2, 0) is 0 Å². The van der Waals surface area contributed by atoms with Crippen LogP contribution in [0.15, 0.2) is 40.9 Å². The molecule has 0 aliphatic rings. The first kappa shape index (κ1) is 9.18. The molecule has 0 unspecified atom stereocenters. The minimum Gasteiger partial charge on any atom is -0.296 e. The molecule has 0 aliphatic heterocycles. The van der Waals surface area contributed by atoms with Crippen molar-refractivity contribution in [2.45, 2.75) is 0 Å². The predicted molar refractivity (Wildman–Crippen MR) is 47.7 cm³/mol. The third kappa shape index (κ3) is 3.25. The molecule has 0 aromatic rings. The number of halogens is 1. The fraction of sp³-hybridized carbons (Fsp3) is 0.125. The lowest BCUT2D eigenvalue weighted by atomic mass is 10.2. The van der Waals surface area contributed by atoms with Crippen molar-refractivity contribution in [2.75, 3.05) is 7.05 Å². The topological polar surface area (TPSA) is 12.4 Å². The van der Waals surface area contributed by atoms with Crippen molar-refractivity contribution < 1.29 is 0 Å². The Kier molecular flexibility index (Phi) is 4.59. The molecule has 0 aromatic heterocycles. The van der Waals surface area contributed by atoms with E-state index in [2.05, 4.69) is 18.2 Å². The van der Waals surface area contributed by atoms with Gasteiger partial charge in [0.1, 0.15) is 0 Å². The molecule has 0 radical (unpaired) electrons. The molecule has 0 saturated carbocycles. The van der Waals surface area contributed by atoms with Gasteiger partial charge in [-0.3, -0.25) is 4.99 Å². The summed E-state index contributed by atoms with van der Waals surface area (Å²) < 4.78 is 0. The molecule has 0 amide bonds. The predicted octanol–water partition coefficient (Wildman–Crippen LogP) is 2.55. The van der Waals surface area contributed by atoms with Crippen molar-refractivity contribution in [3.8, 4) is 0 Å². The van der Waals surface area contributed by atoms with Gasteiger partial charge in [0.2, 0.25) is 0 Å². The van der Waals surface area contributed by atoms with E-state index in [0.717, 1.165) is 5.57 Å². The van der Waals surface area contributed by atoms with Crippen molar-refractivity contribution in [3.63, 3.8) is 0 Å². The zero-order chi connectivity index (χ0) is 7.98.